The molecule has 0 spiro atoms. The van der Waals surface area contributed by atoms with Gasteiger partial charge in [0.1, 0.15) is 5.78 Å². The lowest BCUT2D eigenvalue weighted by molar-refractivity contribution is -0.116. The Kier molecular flexibility index (Phi) is 8.43. The summed E-state index contributed by atoms with van der Waals surface area (Å²) in [5.41, 5.74) is 0.859. The van der Waals surface area contributed by atoms with Gasteiger partial charge in [-0.3, -0.25) is 4.79 Å². The fourth-order valence-electron chi connectivity index (χ4n) is 1.05. The summed E-state index contributed by atoms with van der Waals surface area (Å²) in [6, 6.07) is 6.49. The summed E-state index contributed by atoms with van der Waals surface area (Å²) in [5, 5.41) is 0. The third-order valence-corrected chi connectivity index (χ3v) is 1.93. The van der Waals surface area contributed by atoms with Gasteiger partial charge in [0.05, 0.1) is 0 Å². The van der Waals surface area contributed by atoms with Crippen molar-refractivity contribution < 1.29 is 18.8 Å². The molecule has 16 heavy (non-hydrogen) atoms. The standard InChI is InChI=1S/C9H9O4P.2H3N/c1-7(10)6-8-2-4-9(5-3-8)13-14(11)12;;/h2-5H,6H2,1H3;2*1H3/p+3. The van der Waals surface area contributed by atoms with Crippen molar-refractivity contribution in [3.05, 3.63) is 29.8 Å². The normalized spacial score (nSPS) is 9.50. The number of carbonyl (C=O) groups is 1. The summed E-state index contributed by atoms with van der Waals surface area (Å²) >= 11 is 0. The highest BCUT2D eigenvalue weighted by Crippen LogP contribution is 2.22. The predicted molar refractivity (Wildman–Crippen MR) is 63.2 cm³/mol. The first-order valence-corrected chi connectivity index (χ1v) is 5.13. The van der Waals surface area contributed by atoms with E-state index in [1.807, 2.05) is 0 Å². The SMILES string of the molecule is CC(=O)Cc1ccc(O[P+](=O)O)cc1.[NH4+].[NH4+]. The van der Waals surface area contributed by atoms with Gasteiger partial charge in [-0.1, -0.05) is 12.1 Å². The third kappa shape index (κ3) is 6.21. The molecule has 1 atom stereocenters. The van der Waals surface area contributed by atoms with Crippen molar-refractivity contribution in [2.45, 2.75) is 13.3 Å². The van der Waals surface area contributed by atoms with E-state index in [1.165, 1.54) is 6.92 Å². The molecule has 0 radical (unpaired) electrons. The summed E-state index contributed by atoms with van der Waals surface area (Å²) in [7, 11) is -2.62. The van der Waals surface area contributed by atoms with Gasteiger partial charge in [-0.15, -0.1) is 4.89 Å². The van der Waals surface area contributed by atoms with Crippen LogP contribution >= 0.6 is 8.25 Å². The van der Waals surface area contributed by atoms with Crippen molar-refractivity contribution in [1.29, 1.82) is 0 Å². The molecule has 7 heteroatoms. The van der Waals surface area contributed by atoms with Gasteiger partial charge in [-0.05, 0) is 24.6 Å². The van der Waals surface area contributed by atoms with Crippen LogP contribution in [0.1, 0.15) is 12.5 Å². The second-order valence-corrected chi connectivity index (χ2v) is 3.51. The van der Waals surface area contributed by atoms with E-state index in [4.69, 9.17) is 4.89 Å². The van der Waals surface area contributed by atoms with Crippen molar-refractivity contribution in [3.8, 4) is 5.75 Å². The van der Waals surface area contributed by atoms with Crippen molar-refractivity contribution in [2.24, 2.45) is 0 Å². The van der Waals surface area contributed by atoms with Crippen LogP contribution in [0.5, 0.6) is 5.75 Å². The monoisotopic (exact) mass is 249 g/mol. The van der Waals surface area contributed by atoms with Crippen LogP contribution in [-0.4, -0.2) is 10.7 Å². The molecule has 1 rings (SSSR count). The molecule has 1 aromatic carbocycles. The minimum absolute atomic E-state index is 0. The first-order valence-electron chi connectivity index (χ1n) is 4.00. The molecule has 0 saturated carbocycles. The zero-order valence-electron chi connectivity index (χ0n) is 9.64. The van der Waals surface area contributed by atoms with Crippen molar-refractivity contribution in [3.63, 3.8) is 0 Å². The molecule has 0 aromatic heterocycles. The van der Waals surface area contributed by atoms with E-state index >= 15 is 0 Å². The van der Waals surface area contributed by atoms with Crippen LogP contribution < -0.4 is 16.8 Å². The Morgan fingerprint density at radius 3 is 2.19 bits per heavy atom. The molecule has 0 aliphatic rings. The number of rotatable bonds is 4. The van der Waals surface area contributed by atoms with Gasteiger partial charge in [0.2, 0.25) is 0 Å². The molecule has 1 aromatic rings. The summed E-state index contributed by atoms with van der Waals surface area (Å²) < 4.78 is 14.9. The van der Waals surface area contributed by atoms with E-state index in [0.717, 1.165) is 5.56 Å². The van der Waals surface area contributed by atoms with E-state index in [2.05, 4.69) is 4.52 Å². The number of hydrogen-bond acceptors (Lipinski definition) is 3. The smallest absolute Gasteiger partial charge is 0.369 e. The second kappa shape index (κ2) is 7.90. The Hall–Kier alpha value is -1.33. The van der Waals surface area contributed by atoms with Crippen LogP contribution in [-0.2, 0) is 15.8 Å². The first kappa shape index (κ1) is 17.1. The molecule has 0 amide bonds. The molecular weight excluding hydrogens is 231 g/mol. The topological polar surface area (TPSA) is 137 Å². The molecule has 0 bridgehead atoms. The highest BCUT2D eigenvalue weighted by molar-refractivity contribution is 7.32. The van der Waals surface area contributed by atoms with Crippen LogP contribution in [0.15, 0.2) is 24.3 Å². The lowest BCUT2D eigenvalue weighted by atomic mass is 10.1. The number of quaternary nitrogens is 2. The summed E-state index contributed by atoms with van der Waals surface area (Å²) in [4.78, 5) is 19.2. The molecule has 0 aliphatic heterocycles. The van der Waals surface area contributed by atoms with Gasteiger partial charge in [0.25, 0.3) is 0 Å². The zero-order chi connectivity index (χ0) is 10.6. The molecule has 0 fully saturated rings. The quantitative estimate of drug-likeness (QED) is 0.706. The van der Waals surface area contributed by atoms with E-state index < -0.39 is 8.25 Å². The van der Waals surface area contributed by atoms with Gasteiger partial charge < -0.3 is 12.3 Å². The van der Waals surface area contributed by atoms with Gasteiger partial charge in [0, 0.05) is 11.0 Å². The van der Waals surface area contributed by atoms with Gasteiger partial charge in [0.15, 0.2) is 5.75 Å². The number of carbonyl (C=O) groups excluding carboxylic acids is 1. The summed E-state index contributed by atoms with van der Waals surface area (Å²) in [6.45, 7) is 1.51. The van der Waals surface area contributed by atoms with Crippen molar-refractivity contribution >= 4 is 14.0 Å². The molecule has 1 unspecified atom stereocenters. The number of benzene rings is 1. The third-order valence-electron chi connectivity index (χ3n) is 1.56. The minimum Gasteiger partial charge on any atom is -0.369 e. The van der Waals surface area contributed by atoms with E-state index in [9.17, 15) is 9.36 Å². The maximum Gasteiger partial charge on any atom is 0.747 e. The first-order chi connectivity index (χ1) is 6.58. The highest BCUT2D eigenvalue weighted by atomic mass is 31.1. The van der Waals surface area contributed by atoms with Crippen LogP contribution in [0, 0.1) is 0 Å². The van der Waals surface area contributed by atoms with Crippen molar-refractivity contribution in [2.75, 3.05) is 0 Å². The van der Waals surface area contributed by atoms with E-state index in [-0.39, 0.29) is 18.1 Å². The Bertz CT molecular complexity index is 318. The largest absolute Gasteiger partial charge is 0.747 e. The zero-order valence-corrected chi connectivity index (χ0v) is 10.5. The fraction of sp³-hybridized carbons (Fsp3) is 0.222. The van der Waals surface area contributed by atoms with Crippen molar-refractivity contribution in [1.82, 2.24) is 12.3 Å². The highest BCUT2D eigenvalue weighted by Gasteiger charge is 2.13. The maximum atomic E-state index is 10.8. The summed E-state index contributed by atoms with van der Waals surface area (Å²) in [6.07, 6.45) is 0.367. The van der Waals surface area contributed by atoms with E-state index in [1.54, 1.807) is 24.3 Å². The maximum absolute atomic E-state index is 10.8. The molecule has 6 nitrogen and oxygen atoms in total. The Labute approximate surface area is 94.7 Å². The molecule has 0 saturated heterocycles. The lowest BCUT2D eigenvalue weighted by Gasteiger charge is -1.96. The van der Waals surface area contributed by atoms with Crippen LogP contribution in [0.2, 0.25) is 0 Å². The van der Waals surface area contributed by atoms with Gasteiger partial charge in [-0.25, -0.2) is 4.52 Å². The van der Waals surface area contributed by atoms with Crippen LogP contribution in [0.25, 0.3) is 0 Å². The average molecular weight is 249 g/mol. The van der Waals surface area contributed by atoms with E-state index in [0.29, 0.717) is 12.2 Å². The molecule has 90 valence electrons. The number of ketones is 1. The Balaban J connectivity index is 0. The molecule has 0 aliphatic carbocycles. The Morgan fingerprint density at radius 1 is 1.31 bits per heavy atom. The lowest BCUT2D eigenvalue weighted by Crippen LogP contribution is -1.95. The van der Waals surface area contributed by atoms with Gasteiger partial charge >= 0.3 is 8.25 Å². The van der Waals surface area contributed by atoms with Crippen LogP contribution in [0.4, 0.5) is 0 Å². The molecule has 0 heterocycles. The molecule has 9 N–H and O–H groups in total. The van der Waals surface area contributed by atoms with Crippen LogP contribution in [0.3, 0.4) is 0 Å². The van der Waals surface area contributed by atoms with Gasteiger partial charge in [-0.2, -0.15) is 0 Å². The average Bonchev–Trinajstić information content (AvgIpc) is 2.06. The summed E-state index contributed by atoms with van der Waals surface area (Å²) in [5.74, 6) is 0.396. The number of Topliss-reactive ketones (excluding diaryl/α,β-unsaturated/α-hetero) is 1. The molecular formula is C9H18N2O4P+3. The second-order valence-electron chi connectivity index (χ2n) is 2.85. The minimum atomic E-state index is -2.62. The predicted octanol–water partition coefficient (Wildman–Crippen LogP) is 2.60. The number of hydrogen-bond donors (Lipinski definition) is 3. The Morgan fingerprint density at radius 2 is 1.81 bits per heavy atom. The fourth-order valence-corrected chi connectivity index (χ4v) is 1.35.